The second kappa shape index (κ2) is 9.71. The highest BCUT2D eigenvalue weighted by Gasteiger charge is 2.21. The lowest BCUT2D eigenvalue weighted by atomic mass is 10.00. The molecule has 0 saturated heterocycles. The molecule has 0 amide bonds. The average molecular weight is 600 g/mol. The summed E-state index contributed by atoms with van der Waals surface area (Å²) in [7, 11) is 0. The van der Waals surface area contributed by atoms with Crippen LogP contribution in [0.2, 0.25) is 0 Å². The molecular weight excluding hydrogens is 574 g/mol. The summed E-state index contributed by atoms with van der Waals surface area (Å²) >= 11 is 0. The number of benzene rings is 7. The molecule has 0 radical (unpaired) electrons. The van der Waals surface area contributed by atoms with Crippen molar-refractivity contribution in [2.24, 2.45) is 0 Å². The number of hydrogen-bond donors (Lipinski definition) is 0. The minimum Gasteiger partial charge on any atom is -0.456 e. The number of nitrogens with zero attached hydrogens (tertiary/aromatic N) is 3. The van der Waals surface area contributed by atoms with Gasteiger partial charge in [0.15, 0.2) is 0 Å². The first kappa shape index (κ1) is 25.7. The summed E-state index contributed by atoms with van der Waals surface area (Å²) in [6.07, 6.45) is 0. The van der Waals surface area contributed by atoms with Crippen molar-refractivity contribution >= 4 is 65.6 Å². The molecule has 218 valence electrons. The van der Waals surface area contributed by atoms with Crippen molar-refractivity contribution in [3.8, 4) is 28.6 Å². The van der Waals surface area contributed by atoms with Gasteiger partial charge in [-0.25, -0.2) is 0 Å². The highest BCUT2D eigenvalue weighted by molar-refractivity contribution is 6.24. The molecule has 0 N–H and O–H groups in total. The molecule has 3 aromatic heterocycles. The number of rotatable bonds is 3. The molecule has 0 aliphatic heterocycles. The minimum atomic E-state index is 0.602. The normalized spacial score (nSPS) is 11.8. The third-order valence-corrected chi connectivity index (χ3v) is 9.52. The summed E-state index contributed by atoms with van der Waals surface area (Å²) in [6, 6.07) is 55.3. The van der Waals surface area contributed by atoms with E-state index in [4.69, 9.17) is 4.42 Å². The van der Waals surface area contributed by atoms with Crippen molar-refractivity contribution in [2.45, 2.75) is 0 Å². The van der Waals surface area contributed by atoms with Gasteiger partial charge in [-0.05, 0) is 66.2 Å². The summed E-state index contributed by atoms with van der Waals surface area (Å²) in [5.74, 6) is 0. The minimum absolute atomic E-state index is 0.602. The lowest BCUT2D eigenvalue weighted by Gasteiger charge is -2.16. The maximum atomic E-state index is 10.4. The average Bonchev–Trinajstić information content (AvgIpc) is 3.79. The first-order chi connectivity index (χ1) is 23.3. The van der Waals surface area contributed by atoms with E-state index in [0.29, 0.717) is 5.56 Å². The van der Waals surface area contributed by atoms with E-state index in [2.05, 4.69) is 143 Å². The molecule has 7 aromatic carbocycles. The van der Waals surface area contributed by atoms with Crippen LogP contribution in [0.1, 0.15) is 5.56 Å². The molecule has 10 rings (SSSR count). The first-order valence-corrected chi connectivity index (χ1v) is 15.8. The lowest BCUT2D eigenvalue weighted by molar-refractivity contribution is 0.669. The van der Waals surface area contributed by atoms with Crippen molar-refractivity contribution in [3.63, 3.8) is 0 Å². The van der Waals surface area contributed by atoms with Crippen molar-refractivity contribution in [2.75, 3.05) is 0 Å². The van der Waals surface area contributed by atoms with Crippen LogP contribution in [0.5, 0.6) is 0 Å². The van der Waals surface area contributed by atoms with Crippen LogP contribution < -0.4 is 0 Å². The zero-order valence-corrected chi connectivity index (χ0v) is 25.2. The Morgan fingerprint density at radius 2 is 1.09 bits per heavy atom. The summed E-state index contributed by atoms with van der Waals surface area (Å²) in [5.41, 5.74) is 10.8. The standard InChI is InChI=1S/C43H25N3O/c44-26-27-23-28(30-11-1-6-16-36(30)46-38-18-8-2-12-31(38)32-13-3-9-19-39(32)46)25-29(24-27)45-37-17-7-4-14-33(37)34-21-22-41-42(43(34)45)35-15-5-10-20-40(35)47-41/h1-25H. The SMILES string of the molecule is N#Cc1cc(-c2ccccc2-n2c3ccccc3c3ccccc32)cc(-n2c3ccccc3c3ccc4oc5ccccc5c4c32)c1. The van der Waals surface area contributed by atoms with Crippen molar-refractivity contribution in [1.29, 1.82) is 5.26 Å². The van der Waals surface area contributed by atoms with Crippen LogP contribution in [0.25, 0.3) is 88.1 Å². The van der Waals surface area contributed by atoms with Gasteiger partial charge in [-0.2, -0.15) is 5.26 Å². The van der Waals surface area contributed by atoms with E-state index in [1.54, 1.807) is 0 Å². The van der Waals surface area contributed by atoms with E-state index < -0.39 is 0 Å². The quantitative estimate of drug-likeness (QED) is 0.203. The predicted molar refractivity (Wildman–Crippen MR) is 193 cm³/mol. The Bertz CT molecular complexity index is 2880. The summed E-state index contributed by atoms with van der Waals surface area (Å²) in [4.78, 5) is 0. The number of hydrogen-bond acceptors (Lipinski definition) is 2. The van der Waals surface area contributed by atoms with Crippen LogP contribution in [0.4, 0.5) is 0 Å². The molecule has 47 heavy (non-hydrogen) atoms. The van der Waals surface area contributed by atoms with E-state index in [9.17, 15) is 5.26 Å². The topological polar surface area (TPSA) is 46.8 Å². The molecule has 0 saturated carbocycles. The Morgan fingerprint density at radius 1 is 0.489 bits per heavy atom. The van der Waals surface area contributed by atoms with Crippen LogP contribution in [-0.2, 0) is 0 Å². The highest BCUT2D eigenvalue weighted by Crippen LogP contribution is 2.42. The molecule has 3 heterocycles. The van der Waals surface area contributed by atoms with Crippen LogP contribution in [0.15, 0.2) is 156 Å². The van der Waals surface area contributed by atoms with E-state index in [0.717, 1.165) is 77.3 Å². The largest absolute Gasteiger partial charge is 0.456 e. The van der Waals surface area contributed by atoms with E-state index in [1.807, 2.05) is 24.3 Å². The van der Waals surface area contributed by atoms with Gasteiger partial charge in [-0.15, -0.1) is 0 Å². The highest BCUT2D eigenvalue weighted by atomic mass is 16.3. The van der Waals surface area contributed by atoms with E-state index in [-0.39, 0.29) is 0 Å². The maximum Gasteiger partial charge on any atom is 0.137 e. The number of nitriles is 1. The van der Waals surface area contributed by atoms with Gasteiger partial charge < -0.3 is 13.6 Å². The van der Waals surface area contributed by atoms with Gasteiger partial charge in [0.05, 0.1) is 44.8 Å². The first-order valence-electron chi connectivity index (χ1n) is 15.8. The summed E-state index contributed by atoms with van der Waals surface area (Å²) in [6.45, 7) is 0. The fourth-order valence-electron chi connectivity index (χ4n) is 7.59. The third kappa shape index (κ3) is 3.63. The van der Waals surface area contributed by atoms with Gasteiger partial charge in [0, 0.05) is 38.2 Å². The third-order valence-electron chi connectivity index (χ3n) is 9.52. The molecular formula is C43H25N3O. The molecule has 0 atom stereocenters. The number of para-hydroxylation sites is 5. The smallest absolute Gasteiger partial charge is 0.137 e. The zero-order valence-electron chi connectivity index (χ0n) is 25.2. The van der Waals surface area contributed by atoms with E-state index in [1.165, 1.54) is 10.8 Å². The van der Waals surface area contributed by atoms with Crippen molar-refractivity contribution in [3.05, 3.63) is 157 Å². The second-order valence-electron chi connectivity index (χ2n) is 12.1. The summed E-state index contributed by atoms with van der Waals surface area (Å²) < 4.78 is 11.0. The monoisotopic (exact) mass is 599 g/mol. The Balaban J connectivity index is 1.30. The number of furan rings is 1. The Hall–Kier alpha value is -6.57. The summed E-state index contributed by atoms with van der Waals surface area (Å²) in [5, 5.41) is 17.3. The van der Waals surface area contributed by atoms with Gasteiger partial charge >= 0.3 is 0 Å². The van der Waals surface area contributed by atoms with E-state index >= 15 is 0 Å². The fraction of sp³-hybridized carbons (Fsp3) is 0. The van der Waals surface area contributed by atoms with Crippen LogP contribution >= 0.6 is 0 Å². The van der Waals surface area contributed by atoms with Gasteiger partial charge in [0.25, 0.3) is 0 Å². The van der Waals surface area contributed by atoms with Gasteiger partial charge in [0.2, 0.25) is 0 Å². The molecule has 0 aliphatic carbocycles. The molecule has 10 aromatic rings. The van der Waals surface area contributed by atoms with Crippen molar-refractivity contribution in [1.82, 2.24) is 9.13 Å². The van der Waals surface area contributed by atoms with Crippen LogP contribution in [-0.4, -0.2) is 9.13 Å². The molecule has 0 unspecified atom stereocenters. The van der Waals surface area contributed by atoms with Crippen molar-refractivity contribution < 1.29 is 4.42 Å². The van der Waals surface area contributed by atoms with Gasteiger partial charge in [-0.1, -0.05) is 91.0 Å². The maximum absolute atomic E-state index is 10.4. The molecule has 4 nitrogen and oxygen atoms in total. The Labute approximate surface area is 269 Å². The lowest BCUT2D eigenvalue weighted by Crippen LogP contribution is -1.99. The Kier molecular flexibility index (Phi) is 5.32. The number of aromatic nitrogens is 2. The molecule has 0 spiro atoms. The predicted octanol–water partition coefficient (Wildman–Crippen LogP) is 11.3. The van der Waals surface area contributed by atoms with Crippen LogP contribution in [0.3, 0.4) is 0 Å². The van der Waals surface area contributed by atoms with Gasteiger partial charge in [0.1, 0.15) is 11.2 Å². The second-order valence-corrected chi connectivity index (χ2v) is 12.1. The Morgan fingerprint density at radius 3 is 1.81 bits per heavy atom. The number of fused-ring (bicyclic) bond motifs is 10. The molecule has 0 aliphatic rings. The molecule has 0 bridgehead atoms. The van der Waals surface area contributed by atoms with Crippen LogP contribution in [0, 0.1) is 11.3 Å². The fourth-order valence-corrected chi connectivity index (χ4v) is 7.59. The zero-order chi connectivity index (χ0) is 31.1. The molecule has 4 heteroatoms. The molecule has 0 fully saturated rings. The van der Waals surface area contributed by atoms with Gasteiger partial charge in [-0.3, -0.25) is 0 Å².